The van der Waals surface area contributed by atoms with Gasteiger partial charge in [0.15, 0.2) is 5.11 Å². The van der Waals surface area contributed by atoms with E-state index in [9.17, 15) is 14.4 Å². The van der Waals surface area contributed by atoms with Crippen LogP contribution in [0.4, 0.5) is 11.4 Å². The minimum absolute atomic E-state index is 0.00211. The van der Waals surface area contributed by atoms with E-state index in [4.69, 9.17) is 12.2 Å². The molecule has 2 aliphatic rings. The number of aromatic nitrogens is 1. The number of para-hydroxylation sites is 1. The highest BCUT2D eigenvalue weighted by atomic mass is 32.1. The van der Waals surface area contributed by atoms with E-state index < -0.39 is 11.8 Å². The first-order chi connectivity index (χ1) is 20.6. The van der Waals surface area contributed by atoms with Crippen molar-refractivity contribution in [1.82, 2.24) is 9.88 Å². The topological polar surface area (TPSA) is 83.4 Å². The van der Waals surface area contributed by atoms with Gasteiger partial charge in [0, 0.05) is 22.0 Å². The molecule has 1 fully saturated rings. The number of aryl methyl sites for hydroxylation is 4. The van der Waals surface area contributed by atoms with Gasteiger partial charge >= 0.3 is 0 Å². The van der Waals surface area contributed by atoms with Crippen LogP contribution in [-0.2, 0) is 22.4 Å². The summed E-state index contributed by atoms with van der Waals surface area (Å²) in [6.07, 6.45) is 5.59. The lowest BCUT2D eigenvalue weighted by atomic mass is 9.95. The Labute approximate surface area is 260 Å². The summed E-state index contributed by atoms with van der Waals surface area (Å²) >= 11 is 7.09. The summed E-state index contributed by atoms with van der Waals surface area (Å²) in [5, 5.41) is 6.71. The summed E-state index contributed by atoms with van der Waals surface area (Å²) in [7, 11) is 0. The monoisotopic (exact) mass is 608 g/mol. The molecule has 9 heteroatoms. The van der Waals surface area contributed by atoms with Crippen LogP contribution < -0.4 is 15.5 Å². The van der Waals surface area contributed by atoms with Gasteiger partial charge in [-0.3, -0.25) is 24.6 Å². The van der Waals surface area contributed by atoms with Gasteiger partial charge in [0.05, 0.1) is 11.3 Å². The molecule has 0 saturated carbocycles. The fourth-order valence-corrected chi connectivity index (χ4v) is 7.67. The Bertz CT molecular complexity index is 1850. The zero-order valence-electron chi connectivity index (χ0n) is 24.5. The molecule has 2 N–H and O–H groups in total. The molecule has 0 atom stereocenters. The van der Waals surface area contributed by atoms with Gasteiger partial charge in [0.25, 0.3) is 17.7 Å². The zero-order chi connectivity index (χ0) is 30.4. The normalized spacial score (nSPS) is 16.0. The van der Waals surface area contributed by atoms with Crippen LogP contribution in [0.3, 0.4) is 0 Å². The van der Waals surface area contributed by atoms with Crippen LogP contribution in [0.1, 0.15) is 61.7 Å². The Morgan fingerprint density at radius 3 is 2.51 bits per heavy atom. The maximum Gasteiger partial charge on any atom is 0.270 e. The SMILES string of the molecule is Cc1ccc(C)c(N2C(=O)/C(=C/c3cc(C)n(-c4sc5c(c4C(=O)Nc4ccccc4)CCCC5)c3C)C(=O)NC2=S)c1. The number of hydrogen-bond donors (Lipinski definition) is 2. The lowest BCUT2D eigenvalue weighted by Gasteiger charge is -2.30. The van der Waals surface area contributed by atoms with Crippen molar-refractivity contribution in [3.05, 3.63) is 104 Å². The third-order valence-electron chi connectivity index (χ3n) is 8.09. The van der Waals surface area contributed by atoms with Crippen LogP contribution >= 0.6 is 23.6 Å². The van der Waals surface area contributed by atoms with E-state index in [0.29, 0.717) is 11.3 Å². The molecule has 1 aliphatic carbocycles. The second-order valence-electron chi connectivity index (χ2n) is 11.1. The Kier molecular flexibility index (Phi) is 7.62. The Hall–Kier alpha value is -4.34. The number of nitrogens with one attached hydrogen (secondary N) is 2. The molecule has 2 aromatic heterocycles. The summed E-state index contributed by atoms with van der Waals surface area (Å²) in [4.78, 5) is 43.3. The van der Waals surface area contributed by atoms with Gasteiger partial charge in [-0.05, 0) is 118 Å². The molecule has 43 heavy (non-hydrogen) atoms. The third kappa shape index (κ3) is 5.23. The minimum Gasteiger partial charge on any atom is -0.322 e. The van der Waals surface area contributed by atoms with Gasteiger partial charge in [-0.1, -0.05) is 30.3 Å². The third-order valence-corrected chi connectivity index (χ3v) is 9.65. The van der Waals surface area contributed by atoms with Crippen molar-refractivity contribution < 1.29 is 14.4 Å². The fourth-order valence-electron chi connectivity index (χ4n) is 5.90. The molecule has 0 spiro atoms. The van der Waals surface area contributed by atoms with Crippen molar-refractivity contribution in [2.45, 2.75) is 53.4 Å². The maximum absolute atomic E-state index is 13.8. The van der Waals surface area contributed by atoms with Crippen molar-refractivity contribution in [2.24, 2.45) is 0 Å². The number of carbonyl (C=O) groups is 3. The highest BCUT2D eigenvalue weighted by molar-refractivity contribution is 7.80. The lowest BCUT2D eigenvalue weighted by molar-refractivity contribution is -0.122. The number of anilines is 2. The summed E-state index contributed by atoms with van der Waals surface area (Å²) in [5.41, 5.74) is 7.53. The number of nitrogens with zero attached hydrogens (tertiary/aromatic N) is 2. The van der Waals surface area contributed by atoms with Crippen molar-refractivity contribution in [3.63, 3.8) is 0 Å². The summed E-state index contributed by atoms with van der Waals surface area (Å²) in [5.74, 6) is -1.13. The molecule has 0 bridgehead atoms. The standard InChI is InChI=1S/C34H32N4O3S2/c1-19-14-15-20(2)27(16-19)38-32(41)26(30(39)36-34(38)42)18-23-17-21(3)37(22(23)4)33-29(25-12-8-9-13-28(25)43-33)31(40)35-24-10-6-5-7-11-24/h5-7,10-11,14-18H,8-9,12-13H2,1-4H3,(H,35,40)(H,36,39,42)/b26-18+. The summed E-state index contributed by atoms with van der Waals surface area (Å²) in [6.45, 7) is 7.79. The molecule has 6 rings (SSSR count). The van der Waals surface area contributed by atoms with Crippen molar-refractivity contribution in [1.29, 1.82) is 0 Å². The van der Waals surface area contributed by atoms with E-state index in [1.54, 1.807) is 17.4 Å². The van der Waals surface area contributed by atoms with Crippen molar-refractivity contribution in [3.8, 4) is 5.00 Å². The summed E-state index contributed by atoms with van der Waals surface area (Å²) < 4.78 is 2.08. The van der Waals surface area contributed by atoms with Crippen molar-refractivity contribution >= 4 is 63.8 Å². The average molecular weight is 609 g/mol. The molecule has 0 radical (unpaired) electrons. The molecular weight excluding hydrogens is 577 g/mol. The van der Waals surface area contributed by atoms with Crippen LogP contribution in [0.25, 0.3) is 11.1 Å². The number of benzene rings is 2. The maximum atomic E-state index is 13.8. The predicted octanol–water partition coefficient (Wildman–Crippen LogP) is 6.73. The predicted molar refractivity (Wildman–Crippen MR) is 176 cm³/mol. The van der Waals surface area contributed by atoms with Gasteiger partial charge in [-0.25, -0.2) is 0 Å². The number of hydrogen-bond acceptors (Lipinski definition) is 5. The Morgan fingerprint density at radius 2 is 1.74 bits per heavy atom. The number of carbonyl (C=O) groups excluding carboxylic acids is 3. The molecule has 0 unspecified atom stereocenters. The molecule has 2 aromatic carbocycles. The Balaban J connectivity index is 1.42. The fraction of sp³-hybridized carbons (Fsp3) is 0.235. The van der Waals surface area contributed by atoms with Crippen LogP contribution in [-0.4, -0.2) is 27.4 Å². The van der Waals surface area contributed by atoms with Gasteiger partial charge in [-0.15, -0.1) is 11.3 Å². The number of fused-ring (bicyclic) bond motifs is 1. The quantitative estimate of drug-likeness (QED) is 0.149. The number of amides is 3. The first-order valence-corrected chi connectivity index (χ1v) is 15.6. The molecule has 1 saturated heterocycles. The first-order valence-electron chi connectivity index (χ1n) is 14.3. The van der Waals surface area contributed by atoms with Gasteiger partial charge in [-0.2, -0.15) is 0 Å². The van der Waals surface area contributed by atoms with Crippen molar-refractivity contribution in [2.75, 3.05) is 10.2 Å². The van der Waals surface area contributed by atoms with Crippen LogP contribution in [0, 0.1) is 27.7 Å². The van der Waals surface area contributed by atoms with Crippen LogP contribution in [0.5, 0.6) is 0 Å². The highest BCUT2D eigenvalue weighted by Gasteiger charge is 2.36. The number of rotatable bonds is 5. The van der Waals surface area contributed by atoms with Crippen LogP contribution in [0.2, 0.25) is 0 Å². The van der Waals surface area contributed by atoms with Gasteiger partial charge in [0.2, 0.25) is 0 Å². The van der Waals surface area contributed by atoms with E-state index in [1.807, 2.05) is 82.3 Å². The van der Waals surface area contributed by atoms with E-state index in [2.05, 4.69) is 15.2 Å². The zero-order valence-corrected chi connectivity index (χ0v) is 26.2. The largest absolute Gasteiger partial charge is 0.322 e. The molecule has 218 valence electrons. The number of thiophene rings is 1. The minimum atomic E-state index is -0.532. The van der Waals surface area contributed by atoms with E-state index >= 15 is 0 Å². The van der Waals surface area contributed by atoms with E-state index in [-0.39, 0.29) is 16.6 Å². The van der Waals surface area contributed by atoms with Crippen LogP contribution in [0.15, 0.2) is 60.2 Å². The van der Waals surface area contributed by atoms with Gasteiger partial charge < -0.3 is 9.88 Å². The summed E-state index contributed by atoms with van der Waals surface area (Å²) in [6, 6.07) is 17.2. The highest BCUT2D eigenvalue weighted by Crippen LogP contribution is 2.39. The second-order valence-corrected chi connectivity index (χ2v) is 12.6. The second kappa shape index (κ2) is 11.4. The average Bonchev–Trinajstić information content (AvgIpc) is 3.49. The molecular formula is C34H32N4O3S2. The smallest absolute Gasteiger partial charge is 0.270 e. The van der Waals surface area contributed by atoms with E-state index in [1.165, 1.54) is 9.78 Å². The molecule has 3 amide bonds. The lowest BCUT2D eigenvalue weighted by Crippen LogP contribution is -2.54. The molecule has 3 heterocycles. The first kappa shape index (κ1) is 28.8. The van der Waals surface area contributed by atoms with E-state index in [0.717, 1.165) is 70.0 Å². The van der Waals surface area contributed by atoms with Gasteiger partial charge in [0.1, 0.15) is 10.6 Å². The Morgan fingerprint density at radius 1 is 1.00 bits per heavy atom. The molecule has 7 nitrogen and oxygen atoms in total. The molecule has 4 aromatic rings. The number of thiocarbonyl (C=S) groups is 1. The molecule has 1 aliphatic heterocycles.